The highest BCUT2D eigenvalue weighted by atomic mass is 127. The molecule has 26 heavy (non-hydrogen) atoms. The minimum absolute atomic E-state index is 0. The van der Waals surface area contributed by atoms with Crippen molar-refractivity contribution in [3.63, 3.8) is 0 Å². The molecule has 0 amide bonds. The SMILES string of the molecule is CCOc1ccc(OCC)c(NC(N)=NCc2ccc(C#N)cc2)c1.I. The normalized spacial score (nSPS) is 10.4. The number of ether oxygens (including phenoxy) is 2. The van der Waals surface area contributed by atoms with E-state index in [1.807, 2.05) is 44.2 Å². The molecule has 0 saturated carbocycles. The highest BCUT2D eigenvalue weighted by Gasteiger charge is 2.07. The number of rotatable bonds is 7. The Morgan fingerprint density at radius 1 is 1.12 bits per heavy atom. The molecule has 0 bridgehead atoms. The predicted molar refractivity (Wildman–Crippen MR) is 114 cm³/mol. The molecule has 2 rings (SSSR count). The summed E-state index contributed by atoms with van der Waals surface area (Å²) in [6.45, 7) is 5.39. The first kappa shape index (κ1) is 21.6. The molecule has 0 unspecified atom stereocenters. The fourth-order valence-corrected chi connectivity index (χ4v) is 2.18. The van der Waals surface area contributed by atoms with Crippen molar-refractivity contribution in [1.82, 2.24) is 0 Å². The number of nitrogens with two attached hydrogens (primary N) is 1. The van der Waals surface area contributed by atoms with Crippen LogP contribution in [0.4, 0.5) is 5.69 Å². The van der Waals surface area contributed by atoms with Gasteiger partial charge in [0, 0.05) is 6.07 Å². The summed E-state index contributed by atoms with van der Waals surface area (Å²) < 4.78 is 11.1. The van der Waals surface area contributed by atoms with Gasteiger partial charge < -0.3 is 20.5 Å². The zero-order valence-corrected chi connectivity index (χ0v) is 17.2. The number of nitrogens with one attached hydrogen (secondary N) is 1. The molecule has 0 aliphatic carbocycles. The molecular formula is C19H23IN4O2. The predicted octanol–water partition coefficient (Wildman–Crippen LogP) is 3.90. The lowest BCUT2D eigenvalue weighted by Gasteiger charge is -2.14. The van der Waals surface area contributed by atoms with Gasteiger partial charge in [-0.25, -0.2) is 4.99 Å². The van der Waals surface area contributed by atoms with Crippen molar-refractivity contribution in [2.75, 3.05) is 18.5 Å². The number of aliphatic imine (C=N–C) groups is 1. The third kappa shape index (κ3) is 6.44. The van der Waals surface area contributed by atoms with Gasteiger partial charge in [0.1, 0.15) is 11.5 Å². The summed E-state index contributed by atoms with van der Waals surface area (Å²) in [5.41, 5.74) is 8.28. The largest absolute Gasteiger partial charge is 0.494 e. The second-order valence-corrected chi connectivity index (χ2v) is 5.16. The quantitative estimate of drug-likeness (QED) is 0.367. The Hall–Kier alpha value is -2.47. The Balaban J connectivity index is 0.00000338. The fourth-order valence-electron chi connectivity index (χ4n) is 2.18. The lowest BCUT2D eigenvalue weighted by atomic mass is 10.1. The molecule has 0 heterocycles. The number of hydrogen-bond donors (Lipinski definition) is 2. The lowest BCUT2D eigenvalue weighted by molar-refractivity contribution is 0.332. The standard InChI is InChI=1S/C19H22N4O2.HI/c1-3-24-16-9-10-18(25-4-2)17(11-16)23-19(21)22-13-15-7-5-14(12-20)6-8-15;/h5-11H,3-4,13H2,1-2H3,(H3,21,22,23);1H. The molecule has 0 fully saturated rings. The summed E-state index contributed by atoms with van der Waals surface area (Å²) >= 11 is 0. The molecule has 6 nitrogen and oxygen atoms in total. The Morgan fingerprint density at radius 3 is 2.42 bits per heavy atom. The first-order valence-corrected chi connectivity index (χ1v) is 8.11. The molecular weight excluding hydrogens is 443 g/mol. The molecule has 138 valence electrons. The second-order valence-electron chi connectivity index (χ2n) is 5.16. The Bertz CT molecular complexity index is 770. The first-order valence-electron chi connectivity index (χ1n) is 8.11. The summed E-state index contributed by atoms with van der Waals surface area (Å²) in [5.74, 6) is 1.69. The average molecular weight is 466 g/mol. The van der Waals surface area contributed by atoms with E-state index in [2.05, 4.69) is 16.4 Å². The molecule has 2 aromatic carbocycles. The van der Waals surface area contributed by atoms with Crippen molar-refractivity contribution in [2.45, 2.75) is 20.4 Å². The maximum absolute atomic E-state index is 8.81. The van der Waals surface area contributed by atoms with E-state index < -0.39 is 0 Å². The van der Waals surface area contributed by atoms with Gasteiger partial charge in [0.2, 0.25) is 0 Å². The van der Waals surface area contributed by atoms with E-state index >= 15 is 0 Å². The summed E-state index contributed by atoms with van der Waals surface area (Å²) in [7, 11) is 0. The van der Waals surface area contributed by atoms with E-state index in [0.29, 0.717) is 36.8 Å². The van der Waals surface area contributed by atoms with Gasteiger partial charge in [-0.1, -0.05) is 12.1 Å². The van der Waals surface area contributed by atoms with Gasteiger partial charge in [0.05, 0.1) is 37.1 Å². The van der Waals surface area contributed by atoms with E-state index in [1.165, 1.54) is 0 Å². The Labute approximate surface area is 171 Å². The number of halogens is 1. The summed E-state index contributed by atoms with van der Waals surface area (Å²) in [6.07, 6.45) is 0. The van der Waals surface area contributed by atoms with Gasteiger partial charge in [0.25, 0.3) is 0 Å². The van der Waals surface area contributed by atoms with Crippen LogP contribution in [0.2, 0.25) is 0 Å². The zero-order valence-electron chi connectivity index (χ0n) is 14.9. The number of hydrogen-bond acceptors (Lipinski definition) is 4. The first-order chi connectivity index (χ1) is 12.2. The van der Waals surface area contributed by atoms with Crippen LogP contribution in [0.25, 0.3) is 0 Å². The molecule has 0 aromatic heterocycles. The molecule has 0 saturated heterocycles. The number of guanidine groups is 1. The van der Waals surface area contributed by atoms with Crippen LogP contribution in [0.5, 0.6) is 11.5 Å². The minimum Gasteiger partial charge on any atom is -0.494 e. The monoisotopic (exact) mass is 466 g/mol. The fraction of sp³-hybridized carbons (Fsp3) is 0.263. The highest BCUT2D eigenvalue weighted by molar-refractivity contribution is 14.0. The van der Waals surface area contributed by atoms with Crippen molar-refractivity contribution < 1.29 is 9.47 Å². The molecule has 0 atom stereocenters. The van der Waals surface area contributed by atoms with Crippen LogP contribution in [-0.2, 0) is 6.54 Å². The maximum atomic E-state index is 8.81. The molecule has 2 aromatic rings. The molecule has 7 heteroatoms. The van der Waals surface area contributed by atoms with E-state index in [1.54, 1.807) is 12.1 Å². The average Bonchev–Trinajstić information content (AvgIpc) is 2.63. The Kier molecular flexibility index (Phi) is 9.30. The third-order valence-electron chi connectivity index (χ3n) is 3.34. The van der Waals surface area contributed by atoms with Crippen molar-refractivity contribution in [3.8, 4) is 17.6 Å². The molecule has 0 radical (unpaired) electrons. The van der Waals surface area contributed by atoms with Crippen LogP contribution in [0, 0.1) is 11.3 Å². The summed E-state index contributed by atoms with van der Waals surface area (Å²) in [4.78, 5) is 4.33. The van der Waals surface area contributed by atoms with Crippen LogP contribution < -0.4 is 20.5 Å². The van der Waals surface area contributed by atoms with Crippen molar-refractivity contribution in [3.05, 3.63) is 53.6 Å². The molecule has 0 spiro atoms. The van der Waals surface area contributed by atoms with Gasteiger partial charge in [-0.05, 0) is 43.7 Å². The van der Waals surface area contributed by atoms with Crippen molar-refractivity contribution in [1.29, 1.82) is 5.26 Å². The second kappa shape index (κ2) is 11.2. The zero-order chi connectivity index (χ0) is 18.1. The maximum Gasteiger partial charge on any atom is 0.193 e. The highest BCUT2D eigenvalue weighted by Crippen LogP contribution is 2.29. The Morgan fingerprint density at radius 2 is 1.81 bits per heavy atom. The van der Waals surface area contributed by atoms with E-state index in [-0.39, 0.29) is 29.9 Å². The topological polar surface area (TPSA) is 92.7 Å². The van der Waals surface area contributed by atoms with Crippen LogP contribution in [0.15, 0.2) is 47.5 Å². The molecule has 3 N–H and O–H groups in total. The lowest BCUT2D eigenvalue weighted by Crippen LogP contribution is -2.23. The number of nitriles is 1. The molecule has 0 aliphatic rings. The summed E-state index contributed by atoms with van der Waals surface area (Å²) in [5, 5.41) is 11.9. The van der Waals surface area contributed by atoms with Gasteiger partial charge in [-0.3, -0.25) is 0 Å². The van der Waals surface area contributed by atoms with Crippen LogP contribution in [-0.4, -0.2) is 19.2 Å². The van der Waals surface area contributed by atoms with E-state index in [9.17, 15) is 0 Å². The number of nitrogens with zero attached hydrogens (tertiary/aromatic N) is 2. The van der Waals surface area contributed by atoms with Crippen LogP contribution >= 0.6 is 24.0 Å². The number of anilines is 1. The molecule has 0 aliphatic heterocycles. The van der Waals surface area contributed by atoms with Gasteiger partial charge in [-0.2, -0.15) is 5.26 Å². The smallest absolute Gasteiger partial charge is 0.193 e. The minimum atomic E-state index is 0. The van der Waals surface area contributed by atoms with Crippen molar-refractivity contribution in [2.24, 2.45) is 10.7 Å². The van der Waals surface area contributed by atoms with Crippen LogP contribution in [0.3, 0.4) is 0 Å². The van der Waals surface area contributed by atoms with E-state index in [4.69, 9.17) is 20.5 Å². The number of benzene rings is 2. The third-order valence-corrected chi connectivity index (χ3v) is 3.34. The van der Waals surface area contributed by atoms with Gasteiger partial charge in [-0.15, -0.1) is 24.0 Å². The van der Waals surface area contributed by atoms with Crippen molar-refractivity contribution >= 4 is 35.6 Å². The van der Waals surface area contributed by atoms with E-state index in [0.717, 1.165) is 11.3 Å². The summed E-state index contributed by atoms with van der Waals surface area (Å²) in [6, 6.07) is 14.8. The van der Waals surface area contributed by atoms with Gasteiger partial charge in [0.15, 0.2) is 5.96 Å². The van der Waals surface area contributed by atoms with Crippen LogP contribution in [0.1, 0.15) is 25.0 Å². The van der Waals surface area contributed by atoms with Gasteiger partial charge >= 0.3 is 0 Å².